The molecule has 1 saturated heterocycles. The minimum Gasteiger partial charge on any atom is -0.370 e. The summed E-state index contributed by atoms with van der Waals surface area (Å²) in [5.41, 5.74) is 1.22. The Morgan fingerprint density at radius 2 is 2.18 bits per heavy atom. The van der Waals surface area contributed by atoms with Gasteiger partial charge in [-0.1, -0.05) is 0 Å². The van der Waals surface area contributed by atoms with Crippen LogP contribution in [0.5, 0.6) is 0 Å². The highest BCUT2D eigenvalue weighted by Gasteiger charge is 2.25. The van der Waals surface area contributed by atoms with Gasteiger partial charge >= 0.3 is 0 Å². The predicted molar refractivity (Wildman–Crippen MR) is 83.5 cm³/mol. The van der Waals surface area contributed by atoms with Crippen LogP contribution in [-0.2, 0) is 9.53 Å². The molecule has 7 nitrogen and oxygen atoms in total. The second kappa shape index (κ2) is 7.33. The number of allylic oxidation sites excluding steroid dienone is 1. The maximum absolute atomic E-state index is 12.2. The summed E-state index contributed by atoms with van der Waals surface area (Å²) in [4.78, 5) is 24.1. The molecular weight excluding hydrogens is 284 g/mol. The normalized spacial score (nSPS) is 22.4. The third kappa shape index (κ3) is 4.25. The summed E-state index contributed by atoms with van der Waals surface area (Å²) >= 11 is 0. The van der Waals surface area contributed by atoms with Gasteiger partial charge < -0.3 is 19.4 Å². The predicted octanol–water partition coefficient (Wildman–Crippen LogP) is 0.573. The molecule has 7 heteroatoms. The maximum atomic E-state index is 12.2. The van der Waals surface area contributed by atoms with Crippen LogP contribution in [0, 0.1) is 4.91 Å². The van der Waals surface area contributed by atoms with Crippen molar-refractivity contribution in [3.63, 3.8) is 0 Å². The molecule has 2 aliphatic heterocycles. The summed E-state index contributed by atoms with van der Waals surface area (Å²) in [6.45, 7) is 5.04. The molecule has 120 valence electrons. The Bertz CT molecular complexity index is 519. The van der Waals surface area contributed by atoms with Gasteiger partial charge in [0.25, 0.3) is 5.91 Å². The highest BCUT2D eigenvalue weighted by Crippen LogP contribution is 2.15. The number of rotatable bonds is 5. The summed E-state index contributed by atoms with van der Waals surface area (Å²) in [5.74, 6) is -0.110. The molecule has 0 radical (unpaired) electrons. The Morgan fingerprint density at radius 3 is 2.82 bits per heavy atom. The van der Waals surface area contributed by atoms with Crippen molar-refractivity contribution >= 4 is 5.91 Å². The van der Waals surface area contributed by atoms with Gasteiger partial charge in [-0.25, -0.2) is 0 Å². The fraction of sp³-hybridized carbons (Fsp3) is 0.533. The van der Waals surface area contributed by atoms with Crippen molar-refractivity contribution in [2.45, 2.75) is 0 Å². The van der Waals surface area contributed by atoms with Crippen molar-refractivity contribution in [2.24, 2.45) is 5.18 Å². The molecule has 0 saturated carbocycles. The van der Waals surface area contributed by atoms with Crippen molar-refractivity contribution < 1.29 is 14.0 Å². The molecule has 0 aromatic rings. The first kappa shape index (κ1) is 16.4. The van der Waals surface area contributed by atoms with E-state index in [0.717, 1.165) is 37.3 Å². The van der Waals surface area contributed by atoms with Crippen LogP contribution in [-0.4, -0.2) is 68.8 Å². The van der Waals surface area contributed by atoms with E-state index in [0.29, 0.717) is 17.8 Å². The first-order valence-electron chi connectivity index (χ1n) is 7.39. The standard InChI is InChI=1S/C15H22N4O3/c1-18-12-13(3-4-14(18)11-17-21)15(20)16-5-6-19(2)7-9-22-10-8-19/h3-4,11-12H,5-10H2,1-2H3/p+1. The zero-order valence-corrected chi connectivity index (χ0v) is 13.1. The minimum atomic E-state index is -0.110. The number of nitroso groups, excluding NO2 is 1. The first-order chi connectivity index (χ1) is 10.5. The van der Waals surface area contributed by atoms with E-state index >= 15 is 0 Å². The first-order valence-corrected chi connectivity index (χ1v) is 7.39. The van der Waals surface area contributed by atoms with Crippen LogP contribution in [0.25, 0.3) is 0 Å². The number of quaternary nitrogens is 1. The Balaban J connectivity index is 1.83. The third-order valence-corrected chi connectivity index (χ3v) is 4.11. The molecule has 0 atom stereocenters. The number of ether oxygens (including phenoxy) is 1. The van der Waals surface area contributed by atoms with Crippen LogP contribution in [0.1, 0.15) is 0 Å². The lowest BCUT2D eigenvalue weighted by Crippen LogP contribution is -2.54. The van der Waals surface area contributed by atoms with Crippen LogP contribution < -0.4 is 5.32 Å². The fourth-order valence-corrected chi connectivity index (χ4v) is 2.49. The van der Waals surface area contributed by atoms with Crippen LogP contribution in [0.4, 0.5) is 0 Å². The fourth-order valence-electron chi connectivity index (χ4n) is 2.49. The summed E-state index contributed by atoms with van der Waals surface area (Å²) in [5, 5.41) is 5.69. The summed E-state index contributed by atoms with van der Waals surface area (Å²) in [6, 6.07) is 0. The molecule has 0 aromatic carbocycles. The molecule has 22 heavy (non-hydrogen) atoms. The van der Waals surface area contributed by atoms with Gasteiger partial charge in [-0.3, -0.25) is 4.79 Å². The number of likely N-dealkylation sites (N-methyl/N-ethyl adjacent to an activating group) is 2. The lowest BCUT2D eigenvalue weighted by atomic mass is 10.1. The van der Waals surface area contributed by atoms with Gasteiger partial charge in [-0.05, 0) is 17.3 Å². The Kier molecular flexibility index (Phi) is 5.46. The van der Waals surface area contributed by atoms with Gasteiger partial charge in [0.05, 0.1) is 50.8 Å². The summed E-state index contributed by atoms with van der Waals surface area (Å²) < 4.78 is 6.29. The second-order valence-corrected chi connectivity index (χ2v) is 5.85. The molecule has 2 aliphatic rings. The van der Waals surface area contributed by atoms with Crippen molar-refractivity contribution in [2.75, 3.05) is 53.5 Å². The topological polar surface area (TPSA) is 71.0 Å². The van der Waals surface area contributed by atoms with Crippen LogP contribution in [0.15, 0.2) is 41.0 Å². The number of nitrogens with zero attached hydrogens (tertiary/aromatic N) is 3. The van der Waals surface area contributed by atoms with E-state index in [2.05, 4.69) is 17.5 Å². The van der Waals surface area contributed by atoms with E-state index in [1.165, 1.54) is 6.20 Å². The minimum absolute atomic E-state index is 0.110. The number of morpholine rings is 1. The molecule has 2 heterocycles. The van der Waals surface area contributed by atoms with Crippen molar-refractivity contribution in [3.05, 3.63) is 40.7 Å². The Labute approximate surface area is 130 Å². The van der Waals surface area contributed by atoms with Crippen LogP contribution >= 0.6 is 0 Å². The molecule has 0 spiro atoms. The van der Waals surface area contributed by atoms with Gasteiger partial charge in [0.1, 0.15) is 13.1 Å². The molecule has 0 aliphatic carbocycles. The van der Waals surface area contributed by atoms with E-state index in [1.807, 2.05) is 0 Å². The van der Waals surface area contributed by atoms with Crippen LogP contribution in [0.2, 0.25) is 0 Å². The zero-order valence-electron chi connectivity index (χ0n) is 13.1. The molecule has 1 fully saturated rings. The van der Waals surface area contributed by atoms with Gasteiger partial charge in [0.2, 0.25) is 0 Å². The summed E-state index contributed by atoms with van der Waals surface area (Å²) in [6.07, 6.45) is 6.30. The molecule has 1 N–H and O–H groups in total. The van der Waals surface area contributed by atoms with E-state index in [1.54, 1.807) is 30.3 Å². The quantitative estimate of drug-likeness (QED) is 0.595. The number of amides is 1. The molecule has 2 rings (SSSR count). The average molecular weight is 307 g/mol. The monoisotopic (exact) mass is 307 g/mol. The number of carbonyl (C=O) groups is 1. The number of hydrogen-bond donors (Lipinski definition) is 1. The highest BCUT2D eigenvalue weighted by molar-refractivity contribution is 5.96. The van der Waals surface area contributed by atoms with E-state index in [-0.39, 0.29) is 5.91 Å². The van der Waals surface area contributed by atoms with Gasteiger partial charge in [-0.2, -0.15) is 0 Å². The number of carbonyl (C=O) groups excluding carboxylic acids is 1. The molecular formula is C15H23N4O3+. The smallest absolute Gasteiger partial charge is 0.252 e. The number of hydrogen-bond acceptors (Lipinski definition) is 5. The number of nitrogens with one attached hydrogen (secondary N) is 1. The molecule has 0 bridgehead atoms. The van der Waals surface area contributed by atoms with Crippen molar-refractivity contribution in [1.82, 2.24) is 10.2 Å². The second-order valence-electron chi connectivity index (χ2n) is 5.85. The van der Waals surface area contributed by atoms with E-state index in [9.17, 15) is 9.70 Å². The lowest BCUT2D eigenvalue weighted by Gasteiger charge is -2.37. The summed E-state index contributed by atoms with van der Waals surface area (Å²) in [7, 11) is 3.96. The van der Waals surface area contributed by atoms with E-state index in [4.69, 9.17) is 4.74 Å². The van der Waals surface area contributed by atoms with Crippen molar-refractivity contribution in [1.29, 1.82) is 0 Å². The van der Waals surface area contributed by atoms with Crippen molar-refractivity contribution in [3.8, 4) is 0 Å². The largest absolute Gasteiger partial charge is 0.370 e. The highest BCUT2D eigenvalue weighted by atomic mass is 16.5. The molecule has 0 aromatic heterocycles. The molecule has 0 unspecified atom stereocenters. The third-order valence-electron chi connectivity index (χ3n) is 4.11. The molecule has 1 amide bonds. The lowest BCUT2D eigenvalue weighted by molar-refractivity contribution is -0.915. The SMILES string of the molecule is CN1C=C(C(=O)NCC[N+]2(C)CCOCC2)C=CC1=CN=O. The van der Waals surface area contributed by atoms with Gasteiger partial charge in [0.15, 0.2) is 0 Å². The van der Waals surface area contributed by atoms with Gasteiger partial charge in [-0.15, -0.1) is 4.91 Å². The zero-order chi connectivity index (χ0) is 16.0. The van der Waals surface area contributed by atoms with Crippen LogP contribution in [0.3, 0.4) is 0 Å². The van der Waals surface area contributed by atoms with Gasteiger partial charge in [0, 0.05) is 13.2 Å². The Hall–Kier alpha value is -1.99. The maximum Gasteiger partial charge on any atom is 0.252 e. The average Bonchev–Trinajstić information content (AvgIpc) is 2.50. The van der Waals surface area contributed by atoms with E-state index < -0.39 is 0 Å². The Morgan fingerprint density at radius 1 is 1.45 bits per heavy atom.